The summed E-state index contributed by atoms with van der Waals surface area (Å²) in [6, 6.07) is 19.4. The first-order valence-electron chi connectivity index (χ1n) is 6.65. The van der Waals surface area contributed by atoms with E-state index in [1.165, 1.54) is 31.0 Å². The van der Waals surface area contributed by atoms with Crippen molar-refractivity contribution in [2.45, 2.75) is 11.8 Å². The van der Waals surface area contributed by atoms with Gasteiger partial charge in [0.25, 0.3) is 0 Å². The van der Waals surface area contributed by atoms with E-state index in [-0.39, 0.29) is 4.83 Å². The highest BCUT2D eigenvalue weighted by Gasteiger charge is 2.18. The second-order valence-corrected chi connectivity index (χ2v) is 8.06. The molecular formula is C18H13Br2I. The first-order valence-corrected chi connectivity index (χ1v) is 9.44. The van der Waals surface area contributed by atoms with E-state index in [0.29, 0.717) is 0 Å². The third-order valence-corrected chi connectivity index (χ3v) is 6.02. The lowest BCUT2D eigenvalue weighted by Crippen LogP contribution is -1.99. The van der Waals surface area contributed by atoms with E-state index in [0.717, 1.165) is 4.47 Å². The summed E-state index contributed by atoms with van der Waals surface area (Å²) in [5, 5.41) is 2.59. The summed E-state index contributed by atoms with van der Waals surface area (Å²) >= 11 is 9.96. The molecule has 106 valence electrons. The number of fused-ring (bicyclic) bond motifs is 1. The Morgan fingerprint density at radius 3 is 2.57 bits per heavy atom. The molecule has 1 atom stereocenters. The topological polar surface area (TPSA) is 0 Å². The third kappa shape index (κ3) is 3.06. The van der Waals surface area contributed by atoms with Gasteiger partial charge in [0.1, 0.15) is 0 Å². The number of rotatable bonds is 2. The van der Waals surface area contributed by atoms with Crippen LogP contribution in [0.5, 0.6) is 0 Å². The fourth-order valence-corrected chi connectivity index (χ4v) is 4.89. The fraction of sp³-hybridized carbons (Fsp3) is 0.111. The summed E-state index contributed by atoms with van der Waals surface area (Å²) < 4.78 is 2.38. The molecule has 3 heteroatoms. The summed E-state index contributed by atoms with van der Waals surface area (Å²) in [6.07, 6.45) is 0. The quantitative estimate of drug-likeness (QED) is 0.255. The molecule has 0 fully saturated rings. The van der Waals surface area contributed by atoms with E-state index in [1.807, 2.05) is 0 Å². The number of alkyl halides is 1. The largest absolute Gasteiger partial charge is 0.0786 e. The van der Waals surface area contributed by atoms with E-state index in [9.17, 15) is 0 Å². The molecule has 3 aromatic rings. The summed E-state index contributed by atoms with van der Waals surface area (Å²) in [7, 11) is 0. The van der Waals surface area contributed by atoms with E-state index < -0.39 is 0 Å². The zero-order valence-corrected chi connectivity index (χ0v) is 16.7. The molecule has 3 aromatic carbocycles. The van der Waals surface area contributed by atoms with Gasteiger partial charge in [-0.2, -0.15) is 0 Å². The molecule has 0 bridgehead atoms. The number of hydrogen-bond donors (Lipinski definition) is 0. The number of hydrogen-bond acceptors (Lipinski definition) is 0. The Kier molecular flexibility index (Phi) is 4.71. The highest BCUT2D eigenvalue weighted by Crippen LogP contribution is 2.40. The van der Waals surface area contributed by atoms with Crippen LogP contribution in [0, 0.1) is 10.5 Å². The monoisotopic (exact) mass is 514 g/mol. The zero-order chi connectivity index (χ0) is 15.0. The lowest BCUT2D eigenvalue weighted by molar-refractivity contribution is 1.15. The van der Waals surface area contributed by atoms with Gasteiger partial charge in [-0.15, -0.1) is 0 Å². The van der Waals surface area contributed by atoms with Crippen LogP contribution in [0.25, 0.3) is 10.8 Å². The molecule has 0 saturated heterocycles. The molecule has 1 unspecified atom stereocenters. The van der Waals surface area contributed by atoms with Crippen molar-refractivity contribution in [1.29, 1.82) is 0 Å². The highest BCUT2D eigenvalue weighted by atomic mass is 127. The van der Waals surface area contributed by atoms with Gasteiger partial charge in [-0.05, 0) is 75.2 Å². The predicted octanol–water partition coefficient (Wildman–Crippen LogP) is 7.00. The van der Waals surface area contributed by atoms with Gasteiger partial charge in [0.05, 0.1) is 4.83 Å². The van der Waals surface area contributed by atoms with Crippen LogP contribution in [0.2, 0.25) is 0 Å². The van der Waals surface area contributed by atoms with Crippen LogP contribution in [0.3, 0.4) is 0 Å². The Morgan fingerprint density at radius 2 is 1.76 bits per heavy atom. The zero-order valence-electron chi connectivity index (χ0n) is 11.4. The van der Waals surface area contributed by atoms with Gasteiger partial charge in [-0.25, -0.2) is 0 Å². The Labute approximate surface area is 155 Å². The van der Waals surface area contributed by atoms with E-state index in [4.69, 9.17) is 0 Å². The molecule has 0 saturated carbocycles. The first-order chi connectivity index (χ1) is 10.1. The van der Waals surface area contributed by atoms with E-state index >= 15 is 0 Å². The maximum atomic E-state index is 3.92. The smallest absolute Gasteiger partial charge is 0.0664 e. The second-order valence-electron chi connectivity index (χ2n) is 5.05. The average molecular weight is 516 g/mol. The van der Waals surface area contributed by atoms with E-state index in [1.54, 1.807) is 0 Å². The minimum absolute atomic E-state index is 0.174. The molecule has 0 aromatic heterocycles. The molecule has 3 rings (SSSR count). The van der Waals surface area contributed by atoms with Gasteiger partial charge in [0.15, 0.2) is 0 Å². The maximum absolute atomic E-state index is 3.92. The SMILES string of the molecule is Cc1ccc2ccccc2c1C(Br)c1cc(I)ccc1Br. The van der Waals surface area contributed by atoms with Gasteiger partial charge >= 0.3 is 0 Å². The van der Waals surface area contributed by atoms with Crippen LogP contribution in [-0.4, -0.2) is 0 Å². The average Bonchev–Trinajstić information content (AvgIpc) is 2.49. The molecule has 0 aliphatic rings. The van der Waals surface area contributed by atoms with Crippen molar-refractivity contribution in [3.05, 3.63) is 79.3 Å². The Bertz CT molecular complexity index is 811. The van der Waals surface area contributed by atoms with E-state index in [2.05, 4.69) is 116 Å². The van der Waals surface area contributed by atoms with Crippen LogP contribution in [0.4, 0.5) is 0 Å². The van der Waals surface area contributed by atoms with Crippen molar-refractivity contribution >= 4 is 65.2 Å². The van der Waals surface area contributed by atoms with Crippen molar-refractivity contribution in [3.8, 4) is 0 Å². The lowest BCUT2D eigenvalue weighted by Gasteiger charge is -2.18. The number of aryl methyl sites for hydroxylation is 1. The minimum atomic E-state index is 0.174. The van der Waals surface area contributed by atoms with Crippen LogP contribution in [0.15, 0.2) is 59.1 Å². The predicted molar refractivity (Wildman–Crippen MR) is 106 cm³/mol. The molecule has 0 heterocycles. The van der Waals surface area contributed by atoms with Crippen LogP contribution in [0.1, 0.15) is 21.5 Å². The fourth-order valence-electron chi connectivity index (χ4n) is 2.61. The summed E-state index contributed by atoms with van der Waals surface area (Å²) in [6.45, 7) is 2.18. The second kappa shape index (κ2) is 6.39. The standard InChI is InChI=1S/C18H13Br2I/c1-11-6-7-12-4-2-3-5-14(12)17(11)18(20)15-10-13(21)8-9-16(15)19/h2-10,18H,1H3. The maximum Gasteiger partial charge on any atom is 0.0664 e. The normalized spacial score (nSPS) is 12.6. The Hall–Kier alpha value is -0.390. The minimum Gasteiger partial charge on any atom is -0.0786 e. The van der Waals surface area contributed by atoms with Gasteiger partial charge in [-0.3, -0.25) is 0 Å². The van der Waals surface area contributed by atoms with Crippen LogP contribution >= 0.6 is 54.5 Å². The lowest BCUT2D eigenvalue weighted by atomic mass is 9.94. The summed E-state index contributed by atoms with van der Waals surface area (Å²) in [5.74, 6) is 0. The Balaban J connectivity index is 2.24. The van der Waals surface area contributed by atoms with Gasteiger partial charge < -0.3 is 0 Å². The van der Waals surface area contributed by atoms with Crippen molar-refractivity contribution in [1.82, 2.24) is 0 Å². The van der Waals surface area contributed by atoms with Crippen molar-refractivity contribution in [3.63, 3.8) is 0 Å². The molecule has 0 N–H and O–H groups in total. The summed E-state index contributed by atoms with van der Waals surface area (Å²) in [5.41, 5.74) is 3.92. The highest BCUT2D eigenvalue weighted by molar-refractivity contribution is 14.1. The summed E-state index contributed by atoms with van der Waals surface area (Å²) in [4.78, 5) is 0.174. The first kappa shape index (κ1) is 15.5. The van der Waals surface area contributed by atoms with Gasteiger partial charge in [0.2, 0.25) is 0 Å². The number of halogens is 3. The van der Waals surface area contributed by atoms with Crippen molar-refractivity contribution < 1.29 is 0 Å². The van der Waals surface area contributed by atoms with Crippen LogP contribution < -0.4 is 0 Å². The van der Waals surface area contributed by atoms with Crippen molar-refractivity contribution in [2.24, 2.45) is 0 Å². The van der Waals surface area contributed by atoms with Crippen LogP contribution in [-0.2, 0) is 0 Å². The molecule has 0 amide bonds. The van der Waals surface area contributed by atoms with Crippen molar-refractivity contribution in [2.75, 3.05) is 0 Å². The Morgan fingerprint density at radius 1 is 1.00 bits per heavy atom. The molecular weight excluding hydrogens is 503 g/mol. The number of benzene rings is 3. The van der Waals surface area contributed by atoms with Gasteiger partial charge in [-0.1, -0.05) is 68.3 Å². The third-order valence-electron chi connectivity index (χ3n) is 3.67. The molecule has 0 nitrogen and oxygen atoms in total. The molecule has 0 aliphatic heterocycles. The molecule has 21 heavy (non-hydrogen) atoms. The molecule has 0 radical (unpaired) electrons. The molecule has 0 spiro atoms. The molecule has 0 aliphatic carbocycles. The van der Waals surface area contributed by atoms with Gasteiger partial charge in [0, 0.05) is 8.04 Å².